The Balaban J connectivity index is 1.51. The molecule has 1 atom stereocenters. The summed E-state index contributed by atoms with van der Waals surface area (Å²) in [5, 5.41) is 4.00. The van der Waals surface area contributed by atoms with Gasteiger partial charge in [-0.25, -0.2) is 0 Å². The van der Waals surface area contributed by atoms with Crippen molar-refractivity contribution in [1.29, 1.82) is 0 Å². The molecule has 6 heteroatoms. The first-order chi connectivity index (χ1) is 17.5. The average molecular weight is 482 g/mol. The molecule has 5 rings (SSSR count). The van der Waals surface area contributed by atoms with Gasteiger partial charge in [-0.2, -0.15) is 0 Å². The number of rotatable bonds is 9. The number of aromatic nitrogens is 1. The van der Waals surface area contributed by atoms with Crippen LogP contribution < -0.4 is 5.32 Å². The fourth-order valence-corrected chi connectivity index (χ4v) is 4.95. The highest BCUT2D eigenvalue weighted by Gasteiger charge is 2.40. The van der Waals surface area contributed by atoms with E-state index in [-0.39, 0.29) is 30.5 Å². The van der Waals surface area contributed by atoms with Gasteiger partial charge in [0.15, 0.2) is 0 Å². The SMILES string of the molecule is CC(C)OCCCNC(=O)CN1C(=O)c2ccccc2C1c1c(-c2ccccc2)[nH]c2ccccc12. The van der Waals surface area contributed by atoms with Gasteiger partial charge in [0, 0.05) is 35.2 Å². The number of nitrogens with zero attached hydrogens (tertiary/aromatic N) is 1. The number of H-pyrrole nitrogens is 1. The van der Waals surface area contributed by atoms with Crippen LogP contribution in [-0.4, -0.2) is 47.5 Å². The molecule has 4 aromatic rings. The normalized spacial score (nSPS) is 15.0. The van der Waals surface area contributed by atoms with Crippen molar-refractivity contribution in [2.75, 3.05) is 19.7 Å². The van der Waals surface area contributed by atoms with Crippen LogP contribution in [0, 0.1) is 0 Å². The second-order valence-electron chi connectivity index (χ2n) is 9.37. The first-order valence-electron chi connectivity index (χ1n) is 12.5. The Morgan fingerprint density at radius 2 is 1.72 bits per heavy atom. The summed E-state index contributed by atoms with van der Waals surface area (Å²) in [6, 6.07) is 25.5. The van der Waals surface area contributed by atoms with E-state index in [1.54, 1.807) is 4.90 Å². The molecule has 6 nitrogen and oxygen atoms in total. The summed E-state index contributed by atoms with van der Waals surface area (Å²) in [5.41, 5.74) is 5.57. The van der Waals surface area contributed by atoms with Gasteiger partial charge in [0.25, 0.3) is 5.91 Å². The van der Waals surface area contributed by atoms with Crippen LogP contribution in [0.2, 0.25) is 0 Å². The van der Waals surface area contributed by atoms with Gasteiger partial charge in [0.1, 0.15) is 6.54 Å². The molecule has 1 aliphatic heterocycles. The van der Waals surface area contributed by atoms with Crippen LogP contribution in [0.1, 0.15) is 47.8 Å². The smallest absolute Gasteiger partial charge is 0.255 e. The Labute approximate surface area is 211 Å². The van der Waals surface area contributed by atoms with E-state index in [4.69, 9.17) is 4.74 Å². The summed E-state index contributed by atoms with van der Waals surface area (Å²) in [6.07, 6.45) is 0.888. The molecule has 3 aromatic carbocycles. The van der Waals surface area contributed by atoms with Gasteiger partial charge in [0.05, 0.1) is 17.8 Å². The van der Waals surface area contributed by atoms with Crippen LogP contribution in [0.5, 0.6) is 0 Å². The fraction of sp³-hybridized carbons (Fsp3) is 0.267. The Morgan fingerprint density at radius 3 is 2.53 bits per heavy atom. The van der Waals surface area contributed by atoms with E-state index in [1.165, 1.54) is 0 Å². The first-order valence-corrected chi connectivity index (χ1v) is 12.5. The lowest BCUT2D eigenvalue weighted by molar-refractivity contribution is -0.122. The standard InChI is InChI=1S/C30H31N3O3/c1-20(2)36-18-10-17-31-26(34)19-33-29(22-13-6-7-14-23(22)30(33)35)27-24-15-8-9-16-25(24)32-28(27)21-11-4-3-5-12-21/h3-9,11-16,20,29,32H,10,17-19H2,1-2H3,(H,31,34). The number of nitrogens with one attached hydrogen (secondary N) is 2. The Bertz CT molecular complexity index is 1380. The molecule has 1 unspecified atom stereocenters. The summed E-state index contributed by atoms with van der Waals surface area (Å²) in [5.74, 6) is -0.301. The average Bonchev–Trinajstić information content (AvgIpc) is 3.39. The number of fused-ring (bicyclic) bond motifs is 2. The van der Waals surface area contributed by atoms with Crippen molar-refractivity contribution < 1.29 is 14.3 Å². The van der Waals surface area contributed by atoms with Crippen molar-refractivity contribution in [3.05, 3.63) is 95.6 Å². The predicted molar refractivity (Wildman–Crippen MR) is 142 cm³/mol. The van der Waals surface area contributed by atoms with Crippen molar-refractivity contribution >= 4 is 22.7 Å². The second kappa shape index (κ2) is 10.4. The molecule has 1 aromatic heterocycles. The van der Waals surface area contributed by atoms with E-state index in [0.717, 1.165) is 39.7 Å². The minimum atomic E-state index is -0.380. The molecule has 0 aliphatic carbocycles. The molecule has 0 radical (unpaired) electrons. The number of benzene rings is 3. The van der Waals surface area contributed by atoms with Crippen molar-refractivity contribution in [2.45, 2.75) is 32.4 Å². The molecule has 0 fully saturated rings. The Hall–Kier alpha value is -3.90. The number of hydrogen-bond acceptors (Lipinski definition) is 3. The molecule has 0 saturated carbocycles. The lowest BCUT2D eigenvalue weighted by atomic mass is 9.93. The number of aromatic amines is 1. The van der Waals surface area contributed by atoms with Crippen molar-refractivity contribution in [3.63, 3.8) is 0 Å². The summed E-state index contributed by atoms with van der Waals surface area (Å²) < 4.78 is 5.56. The van der Waals surface area contributed by atoms with E-state index in [2.05, 4.69) is 28.5 Å². The number of carbonyl (C=O) groups excluding carboxylic acids is 2. The first kappa shape index (κ1) is 23.8. The van der Waals surface area contributed by atoms with Gasteiger partial charge in [-0.1, -0.05) is 66.7 Å². The van der Waals surface area contributed by atoms with Crippen molar-refractivity contribution in [3.8, 4) is 11.3 Å². The van der Waals surface area contributed by atoms with Gasteiger partial charge >= 0.3 is 0 Å². The van der Waals surface area contributed by atoms with E-state index in [1.807, 2.05) is 74.5 Å². The number of carbonyl (C=O) groups is 2. The van der Waals surface area contributed by atoms with E-state index in [9.17, 15) is 9.59 Å². The van der Waals surface area contributed by atoms with Crippen LogP contribution in [0.25, 0.3) is 22.2 Å². The summed E-state index contributed by atoms with van der Waals surface area (Å²) in [4.78, 5) is 31.8. The highest BCUT2D eigenvalue weighted by molar-refractivity contribution is 6.03. The molecular formula is C30H31N3O3. The number of para-hydroxylation sites is 1. The quantitative estimate of drug-likeness (QED) is 0.318. The monoisotopic (exact) mass is 481 g/mol. The highest BCUT2D eigenvalue weighted by atomic mass is 16.5. The lowest BCUT2D eigenvalue weighted by Gasteiger charge is -2.26. The van der Waals surface area contributed by atoms with E-state index < -0.39 is 0 Å². The van der Waals surface area contributed by atoms with Gasteiger partial charge in [-0.3, -0.25) is 9.59 Å². The van der Waals surface area contributed by atoms with Crippen LogP contribution in [0.15, 0.2) is 78.9 Å². The molecule has 2 N–H and O–H groups in total. The molecule has 36 heavy (non-hydrogen) atoms. The third-order valence-corrected chi connectivity index (χ3v) is 6.55. The lowest BCUT2D eigenvalue weighted by Crippen LogP contribution is -2.40. The second-order valence-corrected chi connectivity index (χ2v) is 9.37. The number of amides is 2. The number of ether oxygens (including phenoxy) is 1. The zero-order valence-corrected chi connectivity index (χ0v) is 20.7. The maximum Gasteiger partial charge on any atom is 0.255 e. The minimum Gasteiger partial charge on any atom is -0.379 e. The van der Waals surface area contributed by atoms with E-state index in [0.29, 0.717) is 18.7 Å². The van der Waals surface area contributed by atoms with Crippen LogP contribution in [0.3, 0.4) is 0 Å². The summed E-state index contributed by atoms with van der Waals surface area (Å²) in [6.45, 7) is 5.06. The molecule has 184 valence electrons. The Kier molecular flexibility index (Phi) is 6.87. The minimum absolute atomic E-state index is 0.0169. The third kappa shape index (κ3) is 4.64. The van der Waals surface area contributed by atoms with E-state index >= 15 is 0 Å². The highest BCUT2D eigenvalue weighted by Crippen LogP contribution is 2.45. The third-order valence-electron chi connectivity index (χ3n) is 6.55. The van der Waals surface area contributed by atoms with Crippen LogP contribution in [0.4, 0.5) is 0 Å². The summed E-state index contributed by atoms with van der Waals surface area (Å²) in [7, 11) is 0. The Morgan fingerprint density at radius 1 is 1.00 bits per heavy atom. The predicted octanol–water partition coefficient (Wildman–Crippen LogP) is 5.31. The number of hydrogen-bond donors (Lipinski definition) is 2. The molecule has 0 spiro atoms. The summed E-state index contributed by atoms with van der Waals surface area (Å²) >= 11 is 0. The van der Waals surface area contributed by atoms with Gasteiger partial charge in [0.2, 0.25) is 5.91 Å². The van der Waals surface area contributed by atoms with Crippen LogP contribution >= 0.6 is 0 Å². The maximum absolute atomic E-state index is 13.6. The molecule has 2 amide bonds. The van der Waals surface area contributed by atoms with Crippen LogP contribution in [-0.2, 0) is 9.53 Å². The zero-order valence-electron chi connectivity index (χ0n) is 20.7. The van der Waals surface area contributed by atoms with Crippen molar-refractivity contribution in [2.24, 2.45) is 0 Å². The molecular weight excluding hydrogens is 450 g/mol. The fourth-order valence-electron chi connectivity index (χ4n) is 4.95. The van der Waals surface area contributed by atoms with Gasteiger partial charge in [-0.15, -0.1) is 0 Å². The maximum atomic E-state index is 13.6. The van der Waals surface area contributed by atoms with Gasteiger partial charge < -0.3 is 19.9 Å². The largest absolute Gasteiger partial charge is 0.379 e. The molecule has 2 heterocycles. The molecule has 0 bridgehead atoms. The van der Waals surface area contributed by atoms with Crippen molar-refractivity contribution in [1.82, 2.24) is 15.2 Å². The topological polar surface area (TPSA) is 74.4 Å². The molecule has 1 aliphatic rings. The molecule has 0 saturated heterocycles. The van der Waals surface area contributed by atoms with Gasteiger partial charge in [-0.05, 0) is 43.5 Å². The zero-order chi connectivity index (χ0) is 25.1.